The summed E-state index contributed by atoms with van der Waals surface area (Å²) in [6.45, 7) is 4.53. The molecule has 48 heavy (non-hydrogen) atoms. The number of esters is 1. The van der Waals surface area contributed by atoms with Crippen LogP contribution < -0.4 is 0 Å². The van der Waals surface area contributed by atoms with E-state index in [9.17, 15) is 9.59 Å². The fourth-order valence-electron chi connectivity index (χ4n) is 6.51. The van der Waals surface area contributed by atoms with E-state index in [1.54, 1.807) is 0 Å². The van der Waals surface area contributed by atoms with Gasteiger partial charge in [-0.1, -0.05) is 179 Å². The van der Waals surface area contributed by atoms with Gasteiger partial charge in [-0.15, -0.1) is 0 Å². The summed E-state index contributed by atoms with van der Waals surface area (Å²) < 4.78 is 5.91. The summed E-state index contributed by atoms with van der Waals surface area (Å²) >= 11 is 0. The molecule has 0 saturated heterocycles. The first-order chi connectivity index (χ1) is 23.6. The Hall–Kier alpha value is -1.58. The van der Waals surface area contributed by atoms with Crippen molar-refractivity contribution in [3.8, 4) is 0 Å². The number of rotatable bonds is 39. The van der Waals surface area contributed by atoms with E-state index in [1.165, 1.54) is 161 Å². The van der Waals surface area contributed by atoms with Crippen molar-refractivity contribution in [2.45, 2.75) is 245 Å². The second-order valence-corrected chi connectivity index (χ2v) is 14.5. The summed E-state index contributed by atoms with van der Waals surface area (Å²) in [5.74, 6) is -0.795. The second kappa shape index (κ2) is 39.9. The molecule has 0 heterocycles. The highest BCUT2D eigenvalue weighted by molar-refractivity contribution is 5.69. The monoisotopic (exact) mass is 675 g/mol. The predicted octanol–water partition coefficient (Wildman–Crippen LogP) is 14.8. The first-order valence-electron chi connectivity index (χ1n) is 21.3. The van der Waals surface area contributed by atoms with Gasteiger partial charge in [-0.25, -0.2) is 0 Å². The molecular formula is C44H82O4. The summed E-state index contributed by atoms with van der Waals surface area (Å²) in [4.78, 5) is 23.5. The van der Waals surface area contributed by atoms with E-state index in [1.807, 2.05) is 0 Å². The van der Waals surface area contributed by atoms with Crippen molar-refractivity contribution in [1.82, 2.24) is 0 Å². The molecule has 0 aliphatic heterocycles. The van der Waals surface area contributed by atoms with E-state index in [2.05, 4.69) is 38.2 Å². The quantitative estimate of drug-likeness (QED) is 0.0400. The summed E-state index contributed by atoms with van der Waals surface area (Å²) in [6.07, 6.45) is 50.6. The van der Waals surface area contributed by atoms with Crippen LogP contribution in [-0.4, -0.2) is 23.1 Å². The van der Waals surface area contributed by atoms with Gasteiger partial charge in [0.1, 0.15) is 6.10 Å². The van der Waals surface area contributed by atoms with Crippen LogP contribution in [0.15, 0.2) is 24.3 Å². The third-order valence-corrected chi connectivity index (χ3v) is 9.68. The van der Waals surface area contributed by atoms with E-state index in [-0.39, 0.29) is 18.5 Å². The molecular weight excluding hydrogens is 592 g/mol. The fraction of sp³-hybridized carbons (Fsp3) is 0.864. The Bertz CT molecular complexity index is 727. The van der Waals surface area contributed by atoms with Gasteiger partial charge in [-0.3, -0.25) is 9.59 Å². The van der Waals surface area contributed by atoms with Crippen molar-refractivity contribution in [2.75, 3.05) is 0 Å². The van der Waals surface area contributed by atoms with E-state index in [0.717, 1.165) is 44.9 Å². The van der Waals surface area contributed by atoms with Crippen LogP contribution in [0.4, 0.5) is 0 Å². The number of carbonyl (C=O) groups excluding carboxylic acids is 1. The van der Waals surface area contributed by atoms with Crippen molar-refractivity contribution in [3.63, 3.8) is 0 Å². The normalized spacial score (nSPS) is 12.4. The number of unbranched alkanes of at least 4 members (excludes halogenated alkanes) is 26. The maximum absolute atomic E-state index is 12.6. The van der Waals surface area contributed by atoms with Gasteiger partial charge < -0.3 is 9.84 Å². The number of aliphatic carboxylic acids is 1. The average Bonchev–Trinajstić information content (AvgIpc) is 3.07. The molecule has 0 aromatic carbocycles. The molecule has 1 unspecified atom stereocenters. The minimum atomic E-state index is -0.740. The van der Waals surface area contributed by atoms with Crippen LogP contribution in [0.2, 0.25) is 0 Å². The summed E-state index contributed by atoms with van der Waals surface area (Å²) in [5, 5.41) is 8.96. The van der Waals surface area contributed by atoms with Gasteiger partial charge in [-0.05, 0) is 70.6 Å². The van der Waals surface area contributed by atoms with Crippen molar-refractivity contribution in [3.05, 3.63) is 24.3 Å². The SMILES string of the molecule is CCCCC/C=C\C/C=C\CCCCCCCCCCCC(=O)OC(CCCCCCCCCCCCCCCC)CCCCC(=O)O. The maximum Gasteiger partial charge on any atom is 0.306 e. The second-order valence-electron chi connectivity index (χ2n) is 14.5. The van der Waals surface area contributed by atoms with Gasteiger partial charge in [-0.2, -0.15) is 0 Å². The number of allylic oxidation sites excluding steroid dienone is 4. The lowest BCUT2D eigenvalue weighted by Gasteiger charge is -2.18. The number of hydrogen-bond donors (Lipinski definition) is 1. The lowest BCUT2D eigenvalue weighted by atomic mass is 10.0. The van der Waals surface area contributed by atoms with Gasteiger partial charge in [0.05, 0.1) is 0 Å². The third kappa shape index (κ3) is 38.9. The highest BCUT2D eigenvalue weighted by atomic mass is 16.5. The zero-order valence-corrected chi connectivity index (χ0v) is 32.3. The molecule has 0 aromatic heterocycles. The molecule has 0 aliphatic carbocycles. The molecule has 0 amide bonds. The van der Waals surface area contributed by atoms with E-state index >= 15 is 0 Å². The van der Waals surface area contributed by atoms with Crippen molar-refractivity contribution >= 4 is 11.9 Å². The first kappa shape index (κ1) is 46.4. The molecule has 0 fully saturated rings. The Morgan fingerprint density at radius 3 is 1.29 bits per heavy atom. The molecule has 0 saturated carbocycles. The molecule has 0 aromatic rings. The molecule has 4 heteroatoms. The molecule has 0 spiro atoms. The molecule has 282 valence electrons. The Balaban J connectivity index is 3.83. The van der Waals surface area contributed by atoms with Crippen LogP contribution >= 0.6 is 0 Å². The van der Waals surface area contributed by atoms with Crippen molar-refractivity contribution < 1.29 is 19.4 Å². The van der Waals surface area contributed by atoms with Crippen LogP contribution in [0.25, 0.3) is 0 Å². The topological polar surface area (TPSA) is 63.6 Å². The number of carboxylic acids is 1. The zero-order chi connectivity index (χ0) is 35.0. The third-order valence-electron chi connectivity index (χ3n) is 9.68. The molecule has 0 radical (unpaired) electrons. The van der Waals surface area contributed by atoms with Gasteiger partial charge in [0.2, 0.25) is 0 Å². The van der Waals surface area contributed by atoms with Crippen LogP contribution in [0, 0.1) is 0 Å². The fourth-order valence-corrected chi connectivity index (χ4v) is 6.51. The van der Waals surface area contributed by atoms with Crippen molar-refractivity contribution in [2.24, 2.45) is 0 Å². The minimum Gasteiger partial charge on any atom is -0.481 e. The highest BCUT2D eigenvalue weighted by Crippen LogP contribution is 2.19. The Labute approximate surface area is 299 Å². The largest absolute Gasteiger partial charge is 0.481 e. The lowest BCUT2D eigenvalue weighted by molar-refractivity contribution is -0.150. The predicted molar refractivity (Wildman–Crippen MR) is 209 cm³/mol. The number of carbonyl (C=O) groups is 2. The van der Waals surface area contributed by atoms with Crippen molar-refractivity contribution in [1.29, 1.82) is 0 Å². The summed E-state index contributed by atoms with van der Waals surface area (Å²) in [7, 11) is 0. The number of ether oxygens (including phenoxy) is 1. The van der Waals surface area contributed by atoms with E-state index in [4.69, 9.17) is 9.84 Å². The Morgan fingerprint density at radius 1 is 0.458 bits per heavy atom. The number of carboxylic acid groups (broad SMARTS) is 1. The Morgan fingerprint density at radius 2 is 0.812 bits per heavy atom. The summed E-state index contributed by atoms with van der Waals surface area (Å²) in [6, 6.07) is 0. The van der Waals surface area contributed by atoms with Gasteiger partial charge >= 0.3 is 11.9 Å². The van der Waals surface area contributed by atoms with Crippen LogP contribution in [-0.2, 0) is 14.3 Å². The Kier molecular flexibility index (Phi) is 38.5. The molecule has 1 atom stereocenters. The smallest absolute Gasteiger partial charge is 0.306 e. The van der Waals surface area contributed by atoms with Gasteiger partial charge in [0.15, 0.2) is 0 Å². The minimum absolute atomic E-state index is 0.0451. The molecule has 0 bridgehead atoms. The van der Waals surface area contributed by atoms with Crippen LogP contribution in [0.3, 0.4) is 0 Å². The maximum atomic E-state index is 12.6. The average molecular weight is 675 g/mol. The first-order valence-corrected chi connectivity index (χ1v) is 21.3. The highest BCUT2D eigenvalue weighted by Gasteiger charge is 2.14. The zero-order valence-electron chi connectivity index (χ0n) is 32.3. The molecule has 0 rings (SSSR count). The van der Waals surface area contributed by atoms with Crippen LogP contribution in [0.1, 0.15) is 239 Å². The standard InChI is InChI=1S/C44H82O4/c1-3-5-7-9-11-13-15-17-19-20-21-22-23-25-27-29-31-33-35-41-44(47)48-42(39-36-37-40-43(45)46)38-34-32-30-28-26-24-18-16-14-12-10-8-6-4-2/h11,13,17,19,42H,3-10,12,14-16,18,20-41H2,1-2H3,(H,45,46)/b13-11-,19-17-. The lowest BCUT2D eigenvalue weighted by Crippen LogP contribution is -2.18. The molecule has 4 nitrogen and oxygen atoms in total. The van der Waals surface area contributed by atoms with Gasteiger partial charge in [0.25, 0.3) is 0 Å². The number of hydrogen-bond acceptors (Lipinski definition) is 3. The van der Waals surface area contributed by atoms with E-state index < -0.39 is 5.97 Å². The van der Waals surface area contributed by atoms with E-state index in [0.29, 0.717) is 12.8 Å². The molecule has 1 N–H and O–H groups in total. The molecule has 0 aliphatic rings. The summed E-state index contributed by atoms with van der Waals surface area (Å²) in [5.41, 5.74) is 0. The van der Waals surface area contributed by atoms with Gasteiger partial charge in [0, 0.05) is 12.8 Å². The van der Waals surface area contributed by atoms with Crippen LogP contribution in [0.5, 0.6) is 0 Å².